The largest absolute Gasteiger partial charge is 0.472 e. The van der Waals surface area contributed by atoms with E-state index < -0.39 is 64.9 Å². The number of hydrogen-bond donors (Lipinski definition) is 4. The van der Waals surface area contributed by atoms with Gasteiger partial charge in [0, 0.05) is 63.1 Å². The molecule has 0 aromatic rings. The van der Waals surface area contributed by atoms with Crippen molar-refractivity contribution in [3.05, 3.63) is 0 Å². The highest BCUT2D eigenvalue weighted by Crippen LogP contribution is 2.44. The van der Waals surface area contributed by atoms with Gasteiger partial charge in [-0.05, 0) is 38.5 Å². The summed E-state index contributed by atoms with van der Waals surface area (Å²) in [4.78, 5) is 97.8. The van der Waals surface area contributed by atoms with Gasteiger partial charge in [-0.25, -0.2) is 9.13 Å². The summed E-state index contributed by atoms with van der Waals surface area (Å²) in [6.07, 6.45) is 72.6. The average Bonchev–Trinajstić information content (AvgIpc) is 0.912. The molecular formula is C90H174N2O18P2S2. The summed E-state index contributed by atoms with van der Waals surface area (Å²) in [6.45, 7) is 6.54. The van der Waals surface area contributed by atoms with E-state index in [0.717, 1.165) is 77.0 Å². The van der Waals surface area contributed by atoms with Gasteiger partial charge in [-0.15, -0.1) is 0 Å². The fourth-order valence-electron chi connectivity index (χ4n) is 13.8. The quantitative estimate of drug-likeness (QED) is 0.0145. The van der Waals surface area contributed by atoms with Crippen LogP contribution in [0, 0.1) is 0 Å². The van der Waals surface area contributed by atoms with Crippen molar-refractivity contribution >= 4 is 72.9 Å². The van der Waals surface area contributed by atoms with Crippen LogP contribution < -0.4 is 10.6 Å². The lowest BCUT2D eigenvalue weighted by molar-refractivity contribution is -0.161. The Labute approximate surface area is 705 Å². The number of carbonyl (C=O) groups excluding carboxylic acids is 6. The van der Waals surface area contributed by atoms with Crippen molar-refractivity contribution < 1.29 is 84.7 Å². The van der Waals surface area contributed by atoms with Crippen molar-refractivity contribution in [2.75, 3.05) is 64.2 Å². The summed E-state index contributed by atoms with van der Waals surface area (Å²) in [6, 6.07) is 0. The number of ether oxygens (including phenoxy) is 4. The van der Waals surface area contributed by atoms with E-state index in [2.05, 4.69) is 38.3 Å². The minimum Gasteiger partial charge on any atom is -0.462 e. The van der Waals surface area contributed by atoms with Crippen molar-refractivity contribution in [1.29, 1.82) is 0 Å². The zero-order chi connectivity index (χ0) is 83.3. The van der Waals surface area contributed by atoms with E-state index in [4.69, 9.17) is 37.0 Å². The normalized spacial score (nSPS) is 13.1. The minimum absolute atomic E-state index is 0.0528. The van der Waals surface area contributed by atoms with Crippen molar-refractivity contribution in [3.8, 4) is 0 Å². The standard InChI is InChI=1S/C90H174N2O18P2S2/c1-5-9-13-17-21-25-29-33-37-41-45-49-53-57-61-69-87(95)103-79-83(109-89(97)71-63-59-55-51-47-43-39-35-31-27-23-19-15-11-7-3)81-107-111(99,100)105-75-73-91-85(93)67-65-77-113-114-78-66-68-86(94)92-74-76-106-112(101,102)108-82-84(110-90(98)72-64-60-56-52-48-44-40-36-32-28-24-20-16-12-8-4)80-104-88(96)70-62-58-54-50-46-42-38-34-30-26-22-18-14-10-6-2/h83-84H,5-82H2,1-4H3,(H,91,93)(H,92,94)(H,99,100)(H,101,102)/t83-,84-/m1/s1. The average molecular weight is 1700 g/mol. The Bertz CT molecular complexity index is 2130. The fraction of sp³-hybridized carbons (Fsp3) is 0.933. The maximum Gasteiger partial charge on any atom is 0.472 e. The summed E-state index contributed by atoms with van der Waals surface area (Å²) in [7, 11) is -6.18. The molecule has 0 aliphatic rings. The van der Waals surface area contributed by atoms with Crippen LogP contribution in [0.15, 0.2) is 0 Å². The molecule has 0 saturated carbocycles. The van der Waals surface area contributed by atoms with Gasteiger partial charge in [0.1, 0.15) is 13.2 Å². The first-order valence-corrected chi connectivity index (χ1v) is 52.8. The van der Waals surface area contributed by atoms with Crippen LogP contribution in [0.5, 0.6) is 0 Å². The Kier molecular flexibility index (Phi) is 85.4. The number of nitrogens with one attached hydrogen (secondary N) is 2. The lowest BCUT2D eigenvalue weighted by Crippen LogP contribution is -2.30. The van der Waals surface area contributed by atoms with Crippen LogP contribution in [0.2, 0.25) is 0 Å². The predicted octanol–water partition coefficient (Wildman–Crippen LogP) is 26.4. The molecule has 0 aromatic heterocycles. The molecule has 0 aliphatic carbocycles. The van der Waals surface area contributed by atoms with E-state index >= 15 is 0 Å². The zero-order valence-corrected chi connectivity index (χ0v) is 76.9. The molecule has 2 unspecified atom stereocenters. The van der Waals surface area contributed by atoms with E-state index in [-0.39, 0.29) is 89.9 Å². The highest BCUT2D eigenvalue weighted by atomic mass is 33.1. The van der Waals surface area contributed by atoms with Crippen LogP contribution in [0.25, 0.3) is 0 Å². The van der Waals surface area contributed by atoms with E-state index in [1.165, 1.54) is 283 Å². The van der Waals surface area contributed by atoms with Crippen molar-refractivity contribution in [2.24, 2.45) is 0 Å². The topological polar surface area (TPSA) is 275 Å². The molecule has 0 rings (SSSR count). The summed E-state index contributed by atoms with van der Waals surface area (Å²) >= 11 is 0. The summed E-state index contributed by atoms with van der Waals surface area (Å²) in [5.41, 5.74) is 0. The first-order valence-electron chi connectivity index (χ1n) is 47.3. The fourth-order valence-corrected chi connectivity index (χ4v) is 17.5. The second-order valence-electron chi connectivity index (χ2n) is 32.1. The molecule has 24 heteroatoms. The van der Waals surface area contributed by atoms with Gasteiger partial charge in [0.05, 0.1) is 26.4 Å². The van der Waals surface area contributed by atoms with E-state index in [9.17, 15) is 47.7 Å². The number of phosphoric acid groups is 2. The van der Waals surface area contributed by atoms with Crippen molar-refractivity contribution in [3.63, 3.8) is 0 Å². The van der Waals surface area contributed by atoms with Gasteiger partial charge in [-0.1, -0.05) is 409 Å². The molecule has 4 N–H and O–H groups in total. The van der Waals surface area contributed by atoms with Crippen LogP contribution >= 0.6 is 37.2 Å². The predicted molar refractivity (Wildman–Crippen MR) is 473 cm³/mol. The second-order valence-corrected chi connectivity index (χ2v) is 37.7. The van der Waals surface area contributed by atoms with Gasteiger partial charge in [-0.3, -0.25) is 46.9 Å². The Morgan fingerprint density at radius 1 is 0.263 bits per heavy atom. The lowest BCUT2D eigenvalue weighted by Gasteiger charge is -2.20. The molecule has 0 saturated heterocycles. The van der Waals surface area contributed by atoms with Crippen molar-refractivity contribution in [2.45, 2.75) is 477 Å². The van der Waals surface area contributed by atoms with Gasteiger partial charge in [0.15, 0.2) is 12.2 Å². The Morgan fingerprint density at radius 2 is 0.465 bits per heavy atom. The van der Waals surface area contributed by atoms with Gasteiger partial charge in [0.25, 0.3) is 0 Å². The number of unbranched alkanes of at least 4 members (excludes halogenated alkanes) is 56. The molecule has 20 nitrogen and oxygen atoms in total. The summed E-state index contributed by atoms with van der Waals surface area (Å²) in [5.74, 6) is -1.07. The maximum absolute atomic E-state index is 13.0. The van der Waals surface area contributed by atoms with E-state index in [1.54, 1.807) is 21.6 Å². The molecule has 0 bridgehead atoms. The van der Waals surface area contributed by atoms with Gasteiger partial charge in [0.2, 0.25) is 11.8 Å². The van der Waals surface area contributed by atoms with Crippen LogP contribution in [-0.2, 0) is 74.9 Å². The molecule has 2 amide bonds. The first-order chi connectivity index (χ1) is 55.6. The first kappa shape index (κ1) is 112. The molecule has 0 aliphatic heterocycles. The third-order valence-corrected chi connectivity index (χ3v) is 25.5. The molecule has 114 heavy (non-hydrogen) atoms. The highest BCUT2D eigenvalue weighted by molar-refractivity contribution is 8.76. The van der Waals surface area contributed by atoms with Crippen LogP contribution in [0.4, 0.5) is 0 Å². The van der Waals surface area contributed by atoms with Crippen LogP contribution in [0.3, 0.4) is 0 Å². The molecule has 0 heterocycles. The molecule has 0 spiro atoms. The van der Waals surface area contributed by atoms with E-state index in [1.807, 2.05) is 0 Å². The van der Waals surface area contributed by atoms with Gasteiger partial charge in [-0.2, -0.15) is 0 Å². The third-order valence-electron chi connectivity index (χ3n) is 20.9. The molecule has 0 aromatic carbocycles. The summed E-state index contributed by atoms with van der Waals surface area (Å²) in [5, 5.41) is 5.36. The molecular weight excluding hydrogens is 1520 g/mol. The number of carbonyl (C=O) groups is 6. The van der Waals surface area contributed by atoms with E-state index in [0.29, 0.717) is 50.0 Å². The zero-order valence-electron chi connectivity index (χ0n) is 73.4. The van der Waals surface area contributed by atoms with Crippen LogP contribution in [-0.4, -0.2) is 122 Å². The molecule has 674 valence electrons. The maximum atomic E-state index is 13.0. The monoisotopic (exact) mass is 1700 g/mol. The van der Waals surface area contributed by atoms with Crippen LogP contribution in [0.1, 0.15) is 464 Å². The minimum atomic E-state index is -4.65. The summed E-state index contributed by atoms with van der Waals surface area (Å²) < 4.78 is 68.9. The molecule has 0 radical (unpaired) electrons. The smallest absolute Gasteiger partial charge is 0.462 e. The SMILES string of the molecule is CCCCCCCCCCCCCCCCCC(=O)OC[C@H](COP(=O)(O)OCCNC(=O)CCCSSCCCC(=O)NCCOP(=O)(O)OC[C@@H](COC(=O)CCCCCCCCCCCCCCCCC)OC(=O)CCCCCCCCCCCCCCCCC)OC(=O)CCCCCCCCCCCCCCCCC. The highest BCUT2D eigenvalue weighted by Gasteiger charge is 2.28. The second kappa shape index (κ2) is 87.1. The van der Waals surface area contributed by atoms with Gasteiger partial charge >= 0.3 is 39.5 Å². The number of phosphoric ester groups is 2. The Morgan fingerprint density at radius 3 is 0.684 bits per heavy atom. The Hall–Kier alpha value is -2.26. The third kappa shape index (κ3) is 86.1. The number of rotatable bonds is 93. The molecule has 4 atom stereocenters. The lowest BCUT2D eigenvalue weighted by atomic mass is 10.0. The number of amides is 2. The van der Waals surface area contributed by atoms with Gasteiger partial charge < -0.3 is 39.4 Å². The Balaban J connectivity index is 4.78. The number of hydrogen-bond acceptors (Lipinski definition) is 18. The molecule has 0 fully saturated rings. The number of esters is 4. The van der Waals surface area contributed by atoms with Crippen molar-refractivity contribution in [1.82, 2.24) is 10.6 Å².